The molecule has 0 aromatic heterocycles. The molecule has 0 saturated heterocycles. The van der Waals surface area contributed by atoms with Gasteiger partial charge in [-0.15, -0.1) is 0 Å². The Morgan fingerprint density at radius 1 is 0.769 bits per heavy atom. The van der Waals surface area contributed by atoms with Crippen LogP contribution >= 0.6 is 0 Å². The Hall–Kier alpha value is -0.830. The molecular formula is C23H44O3. The Morgan fingerprint density at radius 2 is 1.27 bits per heavy atom. The van der Waals surface area contributed by atoms with E-state index in [4.69, 9.17) is 5.11 Å². The zero-order valence-corrected chi connectivity index (χ0v) is 17.3. The molecule has 0 bridgehead atoms. The topological polar surface area (TPSA) is 57.5 Å². The Kier molecular flexibility index (Phi) is 19.8. The molecule has 0 aliphatic carbocycles. The third-order valence-corrected chi connectivity index (χ3v) is 4.98. The Balaban J connectivity index is 3.17. The normalized spacial score (nSPS) is 12.7. The summed E-state index contributed by atoms with van der Waals surface area (Å²) in [5, 5.41) is 18.5. The van der Waals surface area contributed by atoms with Crippen molar-refractivity contribution in [3.05, 3.63) is 12.2 Å². The smallest absolute Gasteiger partial charge is 0.303 e. The minimum atomic E-state index is -0.668. The summed E-state index contributed by atoms with van der Waals surface area (Å²) in [6.07, 6.45) is 24.6. The third kappa shape index (κ3) is 21.2. The molecule has 3 heteroatoms. The van der Waals surface area contributed by atoms with Crippen molar-refractivity contribution in [3.63, 3.8) is 0 Å². The molecule has 26 heavy (non-hydrogen) atoms. The lowest BCUT2D eigenvalue weighted by Crippen LogP contribution is -2.04. The van der Waals surface area contributed by atoms with Crippen LogP contribution in [0, 0.1) is 0 Å². The predicted molar refractivity (Wildman–Crippen MR) is 112 cm³/mol. The molecule has 0 aromatic carbocycles. The van der Waals surface area contributed by atoms with Crippen molar-refractivity contribution in [1.82, 2.24) is 0 Å². The van der Waals surface area contributed by atoms with Gasteiger partial charge in [0.1, 0.15) is 0 Å². The standard InChI is InChI=1S/C23H44O3/c1-2-3-4-13-16-19-22(24)20-17-14-11-9-7-5-6-8-10-12-15-18-21-23(25)26/h13,16,22,24H,2-12,14-15,17-21H2,1H3,(H,25,26). The summed E-state index contributed by atoms with van der Waals surface area (Å²) in [5.41, 5.74) is 0. The van der Waals surface area contributed by atoms with E-state index in [0.717, 1.165) is 38.5 Å². The summed E-state index contributed by atoms with van der Waals surface area (Å²) in [4.78, 5) is 10.4. The van der Waals surface area contributed by atoms with E-state index in [9.17, 15) is 9.90 Å². The van der Waals surface area contributed by atoms with E-state index in [1.165, 1.54) is 70.6 Å². The molecule has 154 valence electrons. The molecule has 0 fully saturated rings. The van der Waals surface area contributed by atoms with Crippen LogP contribution in [0.2, 0.25) is 0 Å². The highest BCUT2D eigenvalue weighted by Crippen LogP contribution is 2.14. The van der Waals surface area contributed by atoms with E-state index in [1.54, 1.807) is 0 Å². The fourth-order valence-corrected chi connectivity index (χ4v) is 3.23. The molecule has 0 radical (unpaired) electrons. The highest BCUT2D eigenvalue weighted by Gasteiger charge is 2.01. The van der Waals surface area contributed by atoms with Gasteiger partial charge in [0.15, 0.2) is 0 Å². The fraction of sp³-hybridized carbons (Fsp3) is 0.870. The number of aliphatic hydroxyl groups is 1. The van der Waals surface area contributed by atoms with Crippen LogP contribution in [0.4, 0.5) is 0 Å². The maximum absolute atomic E-state index is 10.4. The second-order valence-electron chi connectivity index (χ2n) is 7.68. The second-order valence-corrected chi connectivity index (χ2v) is 7.68. The molecule has 2 N–H and O–H groups in total. The van der Waals surface area contributed by atoms with E-state index in [1.807, 2.05) is 0 Å². The lowest BCUT2D eigenvalue weighted by atomic mass is 10.0. The van der Waals surface area contributed by atoms with Crippen LogP contribution in [0.25, 0.3) is 0 Å². The van der Waals surface area contributed by atoms with Crippen LogP contribution in [0.5, 0.6) is 0 Å². The number of hydrogen-bond donors (Lipinski definition) is 2. The van der Waals surface area contributed by atoms with Crippen LogP contribution in [0.1, 0.15) is 122 Å². The van der Waals surface area contributed by atoms with Gasteiger partial charge >= 0.3 is 5.97 Å². The van der Waals surface area contributed by atoms with E-state index >= 15 is 0 Å². The molecule has 1 unspecified atom stereocenters. The van der Waals surface area contributed by atoms with Gasteiger partial charge < -0.3 is 10.2 Å². The number of aliphatic carboxylic acids is 1. The number of unbranched alkanes of at least 4 members (excludes halogenated alkanes) is 13. The maximum atomic E-state index is 10.4. The largest absolute Gasteiger partial charge is 0.481 e. The first-order valence-corrected chi connectivity index (χ1v) is 11.2. The second kappa shape index (κ2) is 20.5. The average Bonchev–Trinajstić information content (AvgIpc) is 2.61. The molecule has 0 spiro atoms. The van der Waals surface area contributed by atoms with Gasteiger partial charge in [-0.05, 0) is 25.7 Å². The number of carboxylic acids is 1. The van der Waals surface area contributed by atoms with Crippen molar-refractivity contribution in [2.45, 2.75) is 129 Å². The van der Waals surface area contributed by atoms with Crippen LogP contribution in [0.15, 0.2) is 12.2 Å². The Labute approximate surface area is 162 Å². The van der Waals surface area contributed by atoms with Crippen LogP contribution < -0.4 is 0 Å². The van der Waals surface area contributed by atoms with Gasteiger partial charge in [-0.1, -0.05) is 103 Å². The fourth-order valence-electron chi connectivity index (χ4n) is 3.23. The SMILES string of the molecule is CCCCC=CCC(O)CCCCCCCCCCCCCCC(=O)O. The summed E-state index contributed by atoms with van der Waals surface area (Å²) >= 11 is 0. The summed E-state index contributed by atoms with van der Waals surface area (Å²) in [6, 6.07) is 0. The molecule has 0 aromatic rings. The Morgan fingerprint density at radius 3 is 1.77 bits per heavy atom. The summed E-state index contributed by atoms with van der Waals surface area (Å²) in [7, 11) is 0. The van der Waals surface area contributed by atoms with Crippen molar-refractivity contribution < 1.29 is 15.0 Å². The monoisotopic (exact) mass is 368 g/mol. The first-order valence-electron chi connectivity index (χ1n) is 11.2. The van der Waals surface area contributed by atoms with Gasteiger partial charge in [-0.2, -0.15) is 0 Å². The molecule has 0 saturated carbocycles. The maximum Gasteiger partial charge on any atom is 0.303 e. The first kappa shape index (κ1) is 25.2. The van der Waals surface area contributed by atoms with Crippen LogP contribution in [-0.2, 0) is 4.79 Å². The van der Waals surface area contributed by atoms with Gasteiger partial charge in [0.2, 0.25) is 0 Å². The molecule has 0 aliphatic rings. The minimum absolute atomic E-state index is 0.150. The quantitative estimate of drug-likeness (QED) is 0.179. The summed E-state index contributed by atoms with van der Waals surface area (Å²) in [5.74, 6) is -0.668. The lowest BCUT2D eigenvalue weighted by Gasteiger charge is -2.07. The highest BCUT2D eigenvalue weighted by atomic mass is 16.4. The Bertz CT molecular complexity index is 325. The van der Waals surface area contributed by atoms with E-state index in [0.29, 0.717) is 6.42 Å². The number of carboxylic acid groups (broad SMARTS) is 1. The predicted octanol–water partition coefficient (Wildman–Crippen LogP) is 7.03. The number of allylic oxidation sites excluding steroid dienone is 1. The van der Waals surface area contributed by atoms with Crippen LogP contribution in [0.3, 0.4) is 0 Å². The molecule has 0 rings (SSSR count). The van der Waals surface area contributed by atoms with Crippen molar-refractivity contribution in [1.29, 1.82) is 0 Å². The molecular weight excluding hydrogens is 324 g/mol. The summed E-state index contributed by atoms with van der Waals surface area (Å²) < 4.78 is 0. The molecule has 0 amide bonds. The zero-order valence-electron chi connectivity index (χ0n) is 17.3. The zero-order chi connectivity index (χ0) is 19.3. The molecule has 1 atom stereocenters. The van der Waals surface area contributed by atoms with Crippen molar-refractivity contribution >= 4 is 5.97 Å². The number of aliphatic hydroxyl groups excluding tert-OH is 1. The molecule has 0 aliphatic heterocycles. The van der Waals surface area contributed by atoms with E-state index < -0.39 is 5.97 Å². The van der Waals surface area contributed by atoms with Crippen molar-refractivity contribution in [3.8, 4) is 0 Å². The first-order chi connectivity index (χ1) is 12.7. The van der Waals surface area contributed by atoms with E-state index in [-0.39, 0.29) is 6.10 Å². The van der Waals surface area contributed by atoms with Gasteiger partial charge in [-0.3, -0.25) is 4.79 Å². The number of carbonyl (C=O) groups is 1. The van der Waals surface area contributed by atoms with Gasteiger partial charge in [0, 0.05) is 6.42 Å². The highest BCUT2D eigenvalue weighted by molar-refractivity contribution is 5.66. The van der Waals surface area contributed by atoms with Crippen LogP contribution in [-0.4, -0.2) is 22.3 Å². The van der Waals surface area contributed by atoms with E-state index in [2.05, 4.69) is 19.1 Å². The minimum Gasteiger partial charge on any atom is -0.481 e. The summed E-state index contributed by atoms with van der Waals surface area (Å²) in [6.45, 7) is 2.20. The number of hydrogen-bond acceptors (Lipinski definition) is 2. The average molecular weight is 369 g/mol. The lowest BCUT2D eigenvalue weighted by molar-refractivity contribution is -0.137. The van der Waals surface area contributed by atoms with Crippen molar-refractivity contribution in [2.24, 2.45) is 0 Å². The number of rotatable bonds is 20. The van der Waals surface area contributed by atoms with Gasteiger partial charge in [-0.25, -0.2) is 0 Å². The third-order valence-electron chi connectivity index (χ3n) is 4.98. The van der Waals surface area contributed by atoms with Gasteiger partial charge in [0.25, 0.3) is 0 Å². The molecule has 3 nitrogen and oxygen atoms in total. The van der Waals surface area contributed by atoms with Gasteiger partial charge in [0.05, 0.1) is 6.10 Å². The molecule has 0 heterocycles. The van der Waals surface area contributed by atoms with Crippen molar-refractivity contribution in [2.75, 3.05) is 0 Å².